The summed E-state index contributed by atoms with van der Waals surface area (Å²) in [5, 5.41) is 3.16. The summed E-state index contributed by atoms with van der Waals surface area (Å²) in [7, 11) is 0. The number of nitrogens with zero attached hydrogens (tertiary/aromatic N) is 5. The van der Waals surface area contributed by atoms with Crippen LogP contribution in [0.4, 0.5) is 21.7 Å². The second kappa shape index (κ2) is 10.9. The fourth-order valence-corrected chi connectivity index (χ4v) is 7.64. The van der Waals surface area contributed by atoms with E-state index in [1.165, 1.54) is 0 Å². The highest BCUT2D eigenvalue weighted by Crippen LogP contribution is 2.48. The lowest BCUT2D eigenvalue weighted by Crippen LogP contribution is -2.43. The second-order valence-electron chi connectivity index (χ2n) is 12.3. The second-order valence-corrected chi connectivity index (χ2v) is 12.6. The molecule has 3 aromatic carbocycles. The van der Waals surface area contributed by atoms with Crippen molar-refractivity contribution in [3.05, 3.63) is 71.4 Å². The maximum atomic E-state index is 14.5. The largest absolute Gasteiger partial charge is 0.489 e. The summed E-state index contributed by atoms with van der Waals surface area (Å²) < 4.78 is 27.3. The Morgan fingerprint density at radius 1 is 1.07 bits per heavy atom. The van der Waals surface area contributed by atoms with Gasteiger partial charge in [0.1, 0.15) is 31.0 Å². The molecule has 2 fully saturated rings. The van der Waals surface area contributed by atoms with Crippen LogP contribution in [0.15, 0.2) is 60.8 Å². The van der Waals surface area contributed by atoms with Crippen LogP contribution in [-0.4, -0.2) is 64.4 Å². The minimum absolute atomic E-state index is 0.226. The minimum Gasteiger partial charge on any atom is -0.489 e. The van der Waals surface area contributed by atoms with Gasteiger partial charge in [-0.05, 0) is 60.0 Å². The van der Waals surface area contributed by atoms with Crippen LogP contribution in [0, 0.1) is 0 Å². The first-order chi connectivity index (χ1) is 21.9. The van der Waals surface area contributed by atoms with Gasteiger partial charge in [0.2, 0.25) is 0 Å². The number of halogens is 2. The lowest BCUT2D eigenvalue weighted by molar-refractivity contribution is 0.107. The fraction of sp³-hybridized carbons (Fsp3) is 0.324. The molecule has 0 unspecified atom stereocenters. The maximum Gasteiger partial charge on any atom is 0.319 e. The zero-order valence-electron chi connectivity index (χ0n) is 24.7. The van der Waals surface area contributed by atoms with E-state index in [9.17, 15) is 4.39 Å². The fourth-order valence-electron chi connectivity index (χ4n) is 7.34. The number of nitrogens with two attached hydrogens (primary N) is 2. The van der Waals surface area contributed by atoms with Crippen molar-refractivity contribution in [3.63, 3.8) is 0 Å². The molecule has 45 heavy (non-hydrogen) atoms. The molecule has 8 rings (SSSR count). The van der Waals surface area contributed by atoms with Crippen LogP contribution >= 0.6 is 11.6 Å². The van der Waals surface area contributed by atoms with E-state index < -0.39 is 6.17 Å². The molecule has 3 aliphatic heterocycles. The minimum atomic E-state index is -0.853. The number of hydrogen-bond donors (Lipinski definition) is 2. The first-order valence-electron chi connectivity index (χ1n) is 15.3. The molecule has 230 valence electrons. The molecule has 3 aliphatic rings. The number of hydrogen-bond acceptors (Lipinski definition) is 9. The van der Waals surface area contributed by atoms with Gasteiger partial charge in [0.15, 0.2) is 5.75 Å². The molecular formula is C34H33ClFN7O2. The molecular weight excluding hydrogens is 593 g/mol. The van der Waals surface area contributed by atoms with Gasteiger partial charge < -0.3 is 25.8 Å². The predicted octanol–water partition coefficient (Wildman–Crippen LogP) is 6.02. The Kier molecular flexibility index (Phi) is 6.80. The van der Waals surface area contributed by atoms with Gasteiger partial charge >= 0.3 is 6.01 Å². The summed E-state index contributed by atoms with van der Waals surface area (Å²) in [5.74, 6) is 1.59. The third-order valence-corrected chi connectivity index (χ3v) is 9.82. The molecule has 0 aliphatic carbocycles. The van der Waals surface area contributed by atoms with Crippen LogP contribution in [0.2, 0.25) is 5.02 Å². The third kappa shape index (κ3) is 4.83. The van der Waals surface area contributed by atoms with Gasteiger partial charge in [-0.2, -0.15) is 9.97 Å². The summed E-state index contributed by atoms with van der Waals surface area (Å²) in [6, 6.07) is 17.9. The summed E-state index contributed by atoms with van der Waals surface area (Å²) >= 11 is 7.21. The molecule has 0 saturated carbocycles. The Morgan fingerprint density at radius 2 is 1.96 bits per heavy atom. The molecule has 2 aromatic heterocycles. The van der Waals surface area contributed by atoms with Gasteiger partial charge in [0, 0.05) is 42.5 Å². The molecule has 2 saturated heterocycles. The number of aromatic nitrogens is 3. The van der Waals surface area contributed by atoms with Crippen molar-refractivity contribution in [3.8, 4) is 22.9 Å². The molecule has 4 N–H and O–H groups in total. The van der Waals surface area contributed by atoms with E-state index in [-0.39, 0.29) is 11.5 Å². The molecule has 11 heteroatoms. The monoisotopic (exact) mass is 625 g/mol. The van der Waals surface area contributed by atoms with Crippen LogP contribution in [0.25, 0.3) is 32.8 Å². The molecule has 0 bridgehead atoms. The van der Waals surface area contributed by atoms with E-state index in [0.29, 0.717) is 78.3 Å². The molecule has 5 heterocycles. The van der Waals surface area contributed by atoms with Crippen LogP contribution in [0.3, 0.4) is 0 Å². The summed E-state index contributed by atoms with van der Waals surface area (Å²) in [5.41, 5.74) is 16.0. The first-order valence-corrected chi connectivity index (χ1v) is 15.7. The van der Waals surface area contributed by atoms with Gasteiger partial charge in [0.05, 0.1) is 28.0 Å². The van der Waals surface area contributed by atoms with Gasteiger partial charge in [-0.15, -0.1) is 0 Å². The zero-order chi connectivity index (χ0) is 30.7. The summed E-state index contributed by atoms with van der Waals surface area (Å²) in [4.78, 5) is 18.5. The maximum absolute atomic E-state index is 14.5. The lowest BCUT2D eigenvalue weighted by Gasteiger charge is -2.31. The molecule has 5 aromatic rings. The lowest BCUT2D eigenvalue weighted by atomic mass is 9.95. The van der Waals surface area contributed by atoms with E-state index in [1.807, 2.05) is 48.5 Å². The summed E-state index contributed by atoms with van der Waals surface area (Å²) in [6.45, 7) is 2.97. The van der Waals surface area contributed by atoms with E-state index in [0.717, 1.165) is 46.8 Å². The number of benzene rings is 3. The molecule has 0 spiro atoms. The van der Waals surface area contributed by atoms with Crippen LogP contribution in [-0.2, 0) is 6.54 Å². The Hall–Kier alpha value is -4.41. The average Bonchev–Trinajstić information content (AvgIpc) is 3.49. The van der Waals surface area contributed by atoms with Crippen molar-refractivity contribution in [1.29, 1.82) is 0 Å². The van der Waals surface area contributed by atoms with Crippen molar-refractivity contribution >= 4 is 50.6 Å². The van der Waals surface area contributed by atoms with E-state index in [1.54, 1.807) is 6.20 Å². The van der Waals surface area contributed by atoms with Crippen LogP contribution < -0.4 is 25.8 Å². The molecule has 2 atom stereocenters. The highest BCUT2D eigenvalue weighted by Gasteiger charge is 2.49. The normalized spacial score (nSPS) is 21.2. The Bertz CT molecular complexity index is 1960. The van der Waals surface area contributed by atoms with Gasteiger partial charge in [-0.25, -0.2) is 9.37 Å². The summed E-state index contributed by atoms with van der Waals surface area (Å²) in [6.07, 6.45) is 3.19. The topological polar surface area (TPSA) is 116 Å². The van der Waals surface area contributed by atoms with Gasteiger partial charge in [-0.1, -0.05) is 41.9 Å². The molecule has 0 radical (unpaired) electrons. The highest BCUT2D eigenvalue weighted by atomic mass is 35.5. The number of anilines is 3. The number of ether oxygens (including phenoxy) is 2. The quantitative estimate of drug-likeness (QED) is 0.219. The number of nitrogen functional groups attached to an aromatic ring is 2. The molecule has 9 nitrogen and oxygen atoms in total. The number of pyridine rings is 1. The van der Waals surface area contributed by atoms with Crippen molar-refractivity contribution in [2.75, 3.05) is 49.2 Å². The third-order valence-electron chi connectivity index (χ3n) is 9.44. The van der Waals surface area contributed by atoms with E-state index in [4.69, 9.17) is 42.5 Å². The van der Waals surface area contributed by atoms with Crippen LogP contribution in [0.5, 0.6) is 11.8 Å². The van der Waals surface area contributed by atoms with Crippen LogP contribution in [0.1, 0.15) is 24.8 Å². The van der Waals surface area contributed by atoms with E-state index in [2.05, 4.69) is 20.9 Å². The number of fused-ring (bicyclic) bond motifs is 2. The standard InChI is InChI=1S/C34H33ClFN7O2/c35-29-26(25-14-23(37)13-20-5-1-2-7-24(20)25)15-27-28-30(29)44-12-11-42(17-21-6-3-9-39-31(21)38)32(28)41-33(40-27)45-19-34-8-4-10-43(34)18-22(36)16-34/h1-3,5-7,9,13-15,22H,4,8,10-12,16-19,37H2,(H2,38,39)/t22-,34+/m1/s1. The Labute approximate surface area is 264 Å². The first kappa shape index (κ1) is 28.1. The SMILES string of the molecule is Nc1cc(-c2cc3nc(OC[C@@]45CCCN4C[C@H](F)C5)nc4c3c(c2Cl)OCCN4Cc2cccnc2N)c2ccccc2c1. The predicted molar refractivity (Wildman–Crippen MR) is 176 cm³/mol. The van der Waals surface area contributed by atoms with Gasteiger partial charge in [-0.3, -0.25) is 4.90 Å². The smallest absolute Gasteiger partial charge is 0.319 e. The average molecular weight is 626 g/mol. The van der Waals surface area contributed by atoms with Crippen molar-refractivity contribution in [2.45, 2.75) is 37.5 Å². The molecule has 0 amide bonds. The van der Waals surface area contributed by atoms with Crippen molar-refractivity contribution in [1.82, 2.24) is 19.9 Å². The zero-order valence-corrected chi connectivity index (χ0v) is 25.4. The highest BCUT2D eigenvalue weighted by molar-refractivity contribution is 6.37. The van der Waals surface area contributed by atoms with E-state index >= 15 is 0 Å². The number of alkyl halides is 1. The van der Waals surface area contributed by atoms with Gasteiger partial charge in [0.25, 0.3) is 0 Å². The Balaban J connectivity index is 1.29. The van der Waals surface area contributed by atoms with Crippen molar-refractivity contribution in [2.24, 2.45) is 0 Å². The number of rotatable bonds is 6. The van der Waals surface area contributed by atoms with Crippen molar-refractivity contribution < 1.29 is 13.9 Å². The Morgan fingerprint density at radius 3 is 2.84 bits per heavy atom.